The van der Waals surface area contributed by atoms with E-state index in [0.29, 0.717) is 6.42 Å². The second-order valence-corrected chi connectivity index (χ2v) is 22.2. The van der Waals surface area contributed by atoms with Crippen molar-refractivity contribution in [3.8, 4) is 0 Å². The van der Waals surface area contributed by atoms with Gasteiger partial charge in [0.25, 0.3) is 0 Å². The van der Waals surface area contributed by atoms with Crippen LogP contribution in [0.5, 0.6) is 0 Å². The van der Waals surface area contributed by atoms with Crippen molar-refractivity contribution < 1.29 is 39.8 Å². The lowest BCUT2D eigenvalue weighted by atomic mass is 9.99. The van der Waals surface area contributed by atoms with Gasteiger partial charge in [-0.25, -0.2) is 0 Å². The lowest BCUT2D eigenvalue weighted by Gasteiger charge is -2.40. The molecule has 1 heterocycles. The van der Waals surface area contributed by atoms with E-state index in [1.807, 2.05) is 6.08 Å². The Hall–Kier alpha value is -1.59. The minimum Gasteiger partial charge on any atom is -0.394 e. The third-order valence-electron chi connectivity index (χ3n) is 15.2. The van der Waals surface area contributed by atoms with Crippen LogP contribution < -0.4 is 5.32 Å². The average Bonchev–Trinajstić information content (AvgIpc) is 3.39. The van der Waals surface area contributed by atoms with Crippen LogP contribution in [0.1, 0.15) is 309 Å². The number of hydrogen-bond donors (Lipinski definition) is 6. The van der Waals surface area contributed by atoms with E-state index >= 15 is 0 Å². The van der Waals surface area contributed by atoms with Crippen LogP contribution in [0.15, 0.2) is 36.5 Å². The summed E-state index contributed by atoms with van der Waals surface area (Å²) in [5, 5.41) is 54.5. The molecule has 1 rings (SSSR count). The predicted octanol–water partition coefficient (Wildman–Crippen LogP) is 16.3. The van der Waals surface area contributed by atoms with Gasteiger partial charge in [0.1, 0.15) is 24.4 Å². The number of nitrogens with one attached hydrogen (secondary N) is 1. The summed E-state index contributed by atoms with van der Waals surface area (Å²) in [6, 6.07) is -0.820. The van der Waals surface area contributed by atoms with Gasteiger partial charge in [-0.15, -0.1) is 0 Å². The molecule has 7 atom stereocenters. The number of aliphatic hydroxyl groups excluding tert-OH is 5. The lowest BCUT2D eigenvalue weighted by Crippen LogP contribution is -2.60. The maximum Gasteiger partial charge on any atom is 0.220 e. The molecule has 6 N–H and O–H groups in total. The topological polar surface area (TPSA) is 149 Å². The smallest absolute Gasteiger partial charge is 0.220 e. The van der Waals surface area contributed by atoms with E-state index in [2.05, 4.69) is 43.5 Å². The molecule has 1 fully saturated rings. The maximum absolute atomic E-state index is 13.1. The minimum absolute atomic E-state index is 0.182. The van der Waals surface area contributed by atoms with Crippen LogP contribution in [0, 0.1) is 0 Å². The molecule has 0 aromatic rings. The largest absolute Gasteiger partial charge is 0.394 e. The number of rotatable bonds is 55. The van der Waals surface area contributed by atoms with Crippen molar-refractivity contribution >= 4 is 5.91 Å². The van der Waals surface area contributed by atoms with Gasteiger partial charge in [0.2, 0.25) is 5.91 Å². The molecular formula is C64H121NO8. The highest BCUT2D eigenvalue weighted by Gasteiger charge is 2.44. The van der Waals surface area contributed by atoms with Gasteiger partial charge in [-0.2, -0.15) is 0 Å². The molecule has 1 aliphatic rings. The molecule has 1 aliphatic heterocycles. The Kier molecular flexibility index (Phi) is 51.2. The fraction of sp³-hybridized carbons (Fsp3) is 0.891. The highest BCUT2D eigenvalue weighted by Crippen LogP contribution is 2.23. The van der Waals surface area contributed by atoms with Crippen molar-refractivity contribution in [1.82, 2.24) is 5.32 Å². The van der Waals surface area contributed by atoms with Crippen LogP contribution >= 0.6 is 0 Å². The van der Waals surface area contributed by atoms with Gasteiger partial charge in [-0.05, 0) is 57.8 Å². The molecule has 73 heavy (non-hydrogen) atoms. The Bertz CT molecular complexity index is 1240. The standard InChI is InChI=1S/C64H121NO8/c1-3-5-7-9-11-13-15-17-19-20-21-22-23-24-25-26-27-28-29-30-31-32-33-34-35-36-37-38-40-42-44-46-48-50-52-54-60(68)65-57(56-72-64-63(71)62(70)61(69)59(55-66)73-64)58(67)53-51-49-47-45-43-41-39-18-16-14-12-10-8-6-4-2/h26-27,43,45,51,53,57-59,61-64,66-67,69-71H,3-25,28-42,44,46-50,52,54-56H2,1-2H3,(H,65,68)/b27-26-,45-43+,53-51+. The Morgan fingerprint density at radius 1 is 0.452 bits per heavy atom. The fourth-order valence-corrected chi connectivity index (χ4v) is 10.2. The van der Waals surface area contributed by atoms with E-state index in [1.165, 1.54) is 250 Å². The van der Waals surface area contributed by atoms with Crippen LogP contribution in [0.25, 0.3) is 0 Å². The summed E-state index contributed by atoms with van der Waals surface area (Å²) in [4.78, 5) is 13.1. The zero-order chi connectivity index (χ0) is 52.9. The van der Waals surface area contributed by atoms with Gasteiger partial charge in [0, 0.05) is 6.42 Å². The first-order valence-corrected chi connectivity index (χ1v) is 31.7. The highest BCUT2D eigenvalue weighted by molar-refractivity contribution is 5.76. The molecule has 0 saturated carbocycles. The van der Waals surface area contributed by atoms with Crippen LogP contribution in [0.2, 0.25) is 0 Å². The first-order valence-electron chi connectivity index (χ1n) is 31.7. The van der Waals surface area contributed by atoms with Crippen molar-refractivity contribution in [2.45, 2.75) is 352 Å². The summed E-state index contributed by atoms with van der Waals surface area (Å²) >= 11 is 0. The molecule has 0 aliphatic carbocycles. The number of carbonyl (C=O) groups is 1. The molecule has 9 nitrogen and oxygen atoms in total. The third-order valence-corrected chi connectivity index (χ3v) is 15.2. The van der Waals surface area contributed by atoms with Crippen molar-refractivity contribution in [3.05, 3.63) is 36.5 Å². The summed E-state index contributed by atoms with van der Waals surface area (Å²) < 4.78 is 11.3. The van der Waals surface area contributed by atoms with Crippen molar-refractivity contribution in [1.29, 1.82) is 0 Å². The number of hydrogen-bond acceptors (Lipinski definition) is 8. The SMILES string of the molecule is CCCCCCCCCCC/C=C/CC/C=C/C(O)C(COC1OC(CO)C(O)C(O)C1O)NC(=O)CCCCCCCCCCCCCCCCCCC/C=C\CCCCCCCCCCCCCCCC. The number of unbranched alkanes of at least 4 members (excludes halogenated alkanes) is 41. The van der Waals surface area contributed by atoms with Crippen LogP contribution in [0.3, 0.4) is 0 Å². The van der Waals surface area contributed by atoms with E-state index in [4.69, 9.17) is 9.47 Å². The van der Waals surface area contributed by atoms with Gasteiger partial charge < -0.3 is 40.3 Å². The Morgan fingerprint density at radius 3 is 1.15 bits per heavy atom. The molecule has 0 aromatic carbocycles. The van der Waals surface area contributed by atoms with E-state index < -0.39 is 49.5 Å². The lowest BCUT2D eigenvalue weighted by molar-refractivity contribution is -0.302. The van der Waals surface area contributed by atoms with E-state index in [-0.39, 0.29) is 12.5 Å². The number of ether oxygens (including phenoxy) is 2. The zero-order valence-electron chi connectivity index (χ0n) is 47.9. The summed E-state index contributed by atoms with van der Waals surface area (Å²) in [6.07, 6.45) is 63.9. The number of allylic oxidation sites excluding steroid dienone is 5. The van der Waals surface area contributed by atoms with E-state index in [9.17, 15) is 30.3 Å². The monoisotopic (exact) mass is 1030 g/mol. The number of aliphatic hydroxyl groups is 5. The third kappa shape index (κ3) is 43.1. The predicted molar refractivity (Wildman–Crippen MR) is 309 cm³/mol. The molecule has 7 unspecified atom stereocenters. The first kappa shape index (κ1) is 69.4. The van der Waals surface area contributed by atoms with Gasteiger partial charge in [-0.1, -0.05) is 281 Å². The summed E-state index contributed by atoms with van der Waals surface area (Å²) in [7, 11) is 0. The molecule has 1 saturated heterocycles. The van der Waals surface area contributed by atoms with Crippen molar-refractivity contribution in [3.63, 3.8) is 0 Å². The summed E-state index contributed by atoms with van der Waals surface area (Å²) in [5.74, 6) is -0.182. The van der Waals surface area contributed by atoms with Crippen LogP contribution in [0.4, 0.5) is 0 Å². The number of amides is 1. The molecule has 1 amide bonds. The van der Waals surface area contributed by atoms with E-state index in [0.717, 1.165) is 38.5 Å². The molecular weight excluding hydrogens is 911 g/mol. The molecule has 0 spiro atoms. The normalized spacial score (nSPS) is 19.2. The van der Waals surface area contributed by atoms with Crippen molar-refractivity contribution in [2.24, 2.45) is 0 Å². The second-order valence-electron chi connectivity index (χ2n) is 22.2. The van der Waals surface area contributed by atoms with Gasteiger partial charge >= 0.3 is 0 Å². The Balaban J connectivity index is 2.09. The quantitative estimate of drug-likeness (QED) is 0.0261. The summed E-state index contributed by atoms with van der Waals surface area (Å²) in [5.41, 5.74) is 0. The molecule has 0 radical (unpaired) electrons. The second kappa shape index (κ2) is 53.8. The molecule has 0 aromatic heterocycles. The first-order chi connectivity index (χ1) is 35.8. The van der Waals surface area contributed by atoms with Crippen molar-refractivity contribution in [2.75, 3.05) is 13.2 Å². The highest BCUT2D eigenvalue weighted by atomic mass is 16.7. The van der Waals surface area contributed by atoms with Gasteiger partial charge in [-0.3, -0.25) is 4.79 Å². The van der Waals surface area contributed by atoms with Crippen LogP contribution in [-0.2, 0) is 14.3 Å². The zero-order valence-corrected chi connectivity index (χ0v) is 47.9. The molecule has 0 bridgehead atoms. The Morgan fingerprint density at radius 2 is 0.781 bits per heavy atom. The Labute approximate surface area is 451 Å². The van der Waals surface area contributed by atoms with Gasteiger partial charge in [0.05, 0.1) is 25.4 Å². The summed E-state index contributed by atoms with van der Waals surface area (Å²) in [6.45, 7) is 3.79. The van der Waals surface area contributed by atoms with Gasteiger partial charge in [0.15, 0.2) is 6.29 Å². The minimum atomic E-state index is -1.57. The van der Waals surface area contributed by atoms with Crippen LogP contribution in [-0.4, -0.2) is 87.5 Å². The van der Waals surface area contributed by atoms with E-state index in [1.54, 1.807) is 6.08 Å². The average molecular weight is 1030 g/mol. The molecule has 9 heteroatoms. The molecule has 430 valence electrons. The fourth-order valence-electron chi connectivity index (χ4n) is 10.2. The number of carbonyl (C=O) groups excluding carboxylic acids is 1. The maximum atomic E-state index is 13.1.